The summed E-state index contributed by atoms with van der Waals surface area (Å²) in [5.74, 6) is 0.805. The standard InChI is InChI=1S/C72H66N4/c1-46-38-47(2)66(48(3)39-46)54-40-57(72(9,10)56-34-35-60-59-30-20-21-31-61(59)76(64(60)43-56)65-44-55(36-37-73-65)71(6,7)8)42-58(41-54)74-45-75(63-33-23-22-32-62(63)74)70-68(52-26-16-12-17-27-52)49(4)67(51-24-14-11-15-25-51)50(5)69(70)53-28-18-13-19-29-53/h11-44H,45H2,1-10H3/i11D,12D,13D,14D,15D,16D,17D,18D,19D,24D,25D,26D,27D,28D,29D. The lowest BCUT2D eigenvalue weighted by molar-refractivity contribution is 0.588. The van der Waals surface area contributed by atoms with Crippen LogP contribution in [-0.4, -0.2) is 16.2 Å². The molecule has 3 heterocycles. The first-order valence-electron chi connectivity index (χ1n) is 33.2. The molecule has 0 atom stereocenters. The van der Waals surface area contributed by atoms with E-state index in [1.165, 1.54) is 0 Å². The molecule has 0 saturated carbocycles. The molecule has 0 bridgehead atoms. The maximum absolute atomic E-state index is 9.66. The van der Waals surface area contributed by atoms with Crippen LogP contribution in [0.4, 0.5) is 22.7 Å². The molecule has 0 fully saturated rings. The van der Waals surface area contributed by atoms with Crippen LogP contribution in [0.3, 0.4) is 0 Å². The molecule has 0 saturated heterocycles. The number of hydrogen-bond donors (Lipinski definition) is 0. The summed E-state index contributed by atoms with van der Waals surface area (Å²) >= 11 is 0. The summed E-state index contributed by atoms with van der Waals surface area (Å²) in [7, 11) is 0. The van der Waals surface area contributed by atoms with Crippen LogP contribution in [0.25, 0.3) is 72.1 Å². The number of para-hydroxylation sites is 3. The van der Waals surface area contributed by atoms with E-state index in [0.29, 0.717) is 11.4 Å². The summed E-state index contributed by atoms with van der Waals surface area (Å²) < 4.78 is 140. The Bertz CT molecular complexity index is 4760. The fraction of sp³-hybridized carbons (Fsp3) is 0.181. The number of pyridine rings is 1. The molecule has 76 heavy (non-hydrogen) atoms. The van der Waals surface area contributed by atoms with Crippen molar-refractivity contribution in [2.45, 2.75) is 80.1 Å². The van der Waals surface area contributed by atoms with Crippen LogP contribution < -0.4 is 9.80 Å². The quantitative estimate of drug-likeness (QED) is 0.144. The molecule has 0 radical (unpaired) electrons. The minimum Gasteiger partial charge on any atom is -0.321 e. The highest BCUT2D eigenvalue weighted by molar-refractivity contribution is 6.09. The zero-order valence-electron chi connectivity index (χ0n) is 59.5. The van der Waals surface area contributed by atoms with Crippen molar-refractivity contribution >= 4 is 44.6 Å². The number of anilines is 4. The number of fused-ring (bicyclic) bond motifs is 4. The molecule has 2 aromatic heterocycles. The Kier molecular flexibility index (Phi) is 8.42. The van der Waals surface area contributed by atoms with Crippen molar-refractivity contribution in [1.82, 2.24) is 9.55 Å². The Hall–Kier alpha value is -8.47. The molecule has 0 amide bonds. The van der Waals surface area contributed by atoms with Gasteiger partial charge in [0.1, 0.15) is 12.5 Å². The van der Waals surface area contributed by atoms with Crippen molar-refractivity contribution in [3.63, 3.8) is 0 Å². The van der Waals surface area contributed by atoms with Crippen LogP contribution in [0.2, 0.25) is 0 Å². The minimum absolute atomic E-state index is 0.00892. The third-order valence-electron chi connectivity index (χ3n) is 15.4. The largest absolute Gasteiger partial charge is 0.321 e. The number of aromatic nitrogens is 2. The molecule has 0 unspecified atom stereocenters. The monoisotopic (exact) mass is 1000 g/mol. The number of nitrogens with zero attached hydrogens (tertiary/aromatic N) is 4. The van der Waals surface area contributed by atoms with Gasteiger partial charge in [0, 0.05) is 39.2 Å². The van der Waals surface area contributed by atoms with Crippen LogP contribution in [0.5, 0.6) is 0 Å². The predicted molar refractivity (Wildman–Crippen MR) is 323 cm³/mol. The second-order valence-electron chi connectivity index (χ2n) is 21.6. The SMILES string of the molecule is [2H]c1c([2H])c([2H])c(-c2c(C)c(-c3c([2H])c([2H])c([2H])c([2H])c3[2H])c(N3CN(c4cc(-c5c(C)cc(C)cc5C)cc(C(C)(C)c5ccc6c7ccccc7n(-c7cc(C(C)(C)C)ccn7)c6c5)c4)c4ccccc43)c(-c3c([2H])c([2H])c([2H])c([2H])c3[2H])c2C)c([2H])c1[2H]. The molecule has 1 aliphatic rings. The molecule has 9 aromatic carbocycles. The van der Waals surface area contributed by atoms with E-state index in [9.17, 15) is 8.22 Å². The lowest BCUT2D eigenvalue weighted by Gasteiger charge is -2.32. The van der Waals surface area contributed by atoms with E-state index >= 15 is 0 Å². The van der Waals surface area contributed by atoms with Gasteiger partial charge < -0.3 is 9.80 Å². The molecular formula is C72H66N4. The molecule has 0 aliphatic carbocycles. The first-order valence-corrected chi connectivity index (χ1v) is 25.7. The average Bonchev–Trinajstić information content (AvgIpc) is 1.65. The van der Waals surface area contributed by atoms with Gasteiger partial charge in [0.05, 0.1) is 48.7 Å². The summed E-state index contributed by atoms with van der Waals surface area (Å²) in [5, 5.41) is 2.17. The van der Waals surface area contributed by atoms with Gasteiger partial charge in [-0.1, -0.05) is 191 Å². The summed E-state index contributed by atoms with van der Waals surface area (Å²) in [6, 6.07) is 27.9. The van der Waals surface area contributed by atoms with Gasteiger partial charge >= 0.3 is 0 Å². The summed E-state index contributed by atoms with van der Waals surface area (Å²) in [6.07, 6.45) is 1.87. The maximum atomic E-state index is 9.66. The normalized spacial score (nSPS) is 15.5. The highest BCUT2D eigenvalue weighted by Gasteiger charge is 2.35. The lowest BCUT2D eigenvalue weighted by atomic mass is 9.76. The molecular weight excluding hydrogens is 921 g/mol. The van der Waals surface area contributed by atoms with Gasteiger partial charge in [0.25, 0.3) is 0 Å². The average molecular weight is 1000 g/mol. The van der Waals surface area contributed by atoms with Crippen molar-refractivity contribution in [2.75, 3.05) is 16.5 Å². The first-order chi connectivity index (χ1) is 42.9. The maximum Gasteiger partial charge on any atom is 0.137 e. The zero-order valence-corrected chi connectivity index (χ0v) is 44.5. The minimum atomic E-state index is -0.706. The molecule has 4 nitrogen and oxygen atoms in total. The number of aryl methyl sites for hydroxylation is 3. The first kappa shape index (κ1) is 34.2. The fourth-order valence-corrected chi connectivity index (χ4v) is 11.7. The molecule has 4 heteroatoms. The van der Waals surface area contributed by atoms with E-state index in [1.807, 2.05) is 41.4 Å². The smallest absolute Gasteiger partial charge is 0.137 e. The van der Waals surface area contributed by atoms with Gasteiger partial charge in [-0.3, -0.25) is 4.57 Å². The number of benzene rings is 9. The molecule has 374 valence electrons. The van der Waals surface area contributed by atoms with Gasteiger partial charge in [-0.2, -0.15) is 0 Å². The molecule has 0 N–H and O–H groups in total. The third-order valence-corrected chi connectivity index (χ3v) is 15.4. The second-order valence-corrected chi connectivity index (χ2v) is 21.6. The van der Waals surface area contributed by atoms with Crippen molar-refractivity contribution in [3.05, 3.63) is 251 Å². The number of rotatable bonds is 9. The molecule has 12 rings (SSSR count). The van der Waals surface area contributed by atoms with Crippen LogP contribution in [0.15, 0.2) is 206 Å². The lowest BCUT2D eigenvalue weighted by Crippen LogP contribution is -2.26. The van der Waals surface area contributed by atoms with E-state index < -0.39 is 96.1 Å². The summed E-state index contributed by atoms with van der Waals surface area (Å²) in [5.41, 5.74) is 10.8. The second kappa shape index (κ2) is 18.7. The third kappa shape index (κ3) is 8.19. The van der Waals surface area contributed by atoms with Crippen molar-refractivity contribution in [1.29, 1.82) is 0 Å². The van der Waals surface area contributed by atoms with Crippen molar-refractivity contribution < 1.29 is 20.6 Å². The van der Waals surface area contributed by atoms with Crippen molar-refractivity contribution in [3.8, 4) is 50.3 Å². The van der Waals surface area contributed by atoms with Crippen LogP contribution in [0.1, 0.15) is 99.7 Å². The van der Waals surface area contributed by atoms with E-state index in [4.69, 9.17) is 17.3 Å². The zero-order chi connectivity index (χ0) is 65.7. The Morgan fingerprint density at radius 2 is 1.01 bits per heavy atom. The van der Waals surface area contributed by atoms with Gasteiger partial charge in [-0.25, -0.2) is 4.98 Å². The van der Waals surface area contributed by atoms with Crippen molar-refractivity contribution in [2.24, 2.45) is 0 Å². The van der Waals surface area contributed by atoms with E-state index in [0.717, 1.165) is 77.8 Å². The molecule has 1 aliphatic heterocycles. The van der Waals surface area contributed by atoms with Gasteiger partial charge in [-0.05, 0) is 161 Å². The number of hydrogen-bond acceptors (Lipinski definition) is 3. The summed E-state index contributed by atoms with van der Waals surface area (Å²) in [6.45, 7) is 20.4. The van der Waals surface area contributed by atoms with E-state index in [2.05, 4.69) is 144 Å². The molecule has 0 spiro atoms. The van der Waals surface area contributed by atoms with Gasteiger partial charge in [0.2, 0.25) is 0 Å². The Labute approximate surface area is 470 Å². The fourth-order valence-electron chi connectivity index (χ4n) is 11.7. The topological polar surface area (TPSA) is 24.3 Å². The Morgan fingerprint density at radius 1 is 0.461 bits per heavy atom. The highest BCUT2D eigenvalue weighted by atomic mass is 15.4. The van der Waals surface area contributed by atoms with E-state index in [-0.39, 0.29) is 62.3 Å². The van der Waals surface area contributed by atoms with Crippen LogP contribution in [-0.2, 0) is 10.8 Å². The summed E-state index contributed by atoms with van der Waals surface area (Å²) in [4.78, 5) is 8.95. The Balaban J connectivity index is 1.16. The van der Waals surface area contributed by atoms with Gasteiger partial charge in [0.15, 0.2) is 0 Å². The van der Waals surface area contributed by atoms with Crippen LogP contribution in [0, 0.1) is 34.6 Å². The Morgan fingerprint density at radius 3 is 1.62 bits per heavy atom. The highest BCUT2D eigenvalue weighted by Crippen LogP contribution is 2.55. The molecule has 11 aromatic rings. The van der Waals surface area contributed by atoms with E-state index in [1.54, 1.807) is 13.8 Å². The predicted octanol–water partition coefficient (Wildman–Crippen LogP) is 19.3. The van der Waals surface area contributed by atoms with Crippen LogP contribution >= 0.6 is 0 Å². The van der Waals surface area contributed by atoms with Gasteiger partial charge in [-0.15, -0.1) is 0 Å².